The second-order valence-corrected chi connectivity index (χ2v) is 7.60. The zero-order valence-corrected chi connectivity index (χ0v) is 15.2. The first kappa shape index (κ1) is 17.4. The lowest BCUT2D eigenvalue weighted by Crippen LogP contribution is -2.47. The summed E-state index contributed by atoms with van der Waals surface area (Å²) < 4.78 is 0. The van der Waals surface area contributed by atoms with Crippen molar-refractivity contribution < 1.29 is 4.79 Å². The van der Waals surface area contributed by atoms with Crippen molar-refractivity contribution in [3.05, 3.63) is 35.4 Å². The lowest BCUT2D eigenvalue weighted by molar-refractivity contribution is -0.134. The normalized spacial score (nSPS) is 21.2. The highest BCUT2D eigenvalue weighted by atomic mass is 16.2. The molecule has 2 heterocycles. The third-order valence-corrected chi connectivity index (χ3v) is 5.52. The van der Waals surface area contributed by atoms with Crippen LogP contribution in [0.2, 0.25) is 0 Å². The quantitative estimate of drug-likeness (QED) is 0.848. The molecule has 1 aromatic carbocycles. The summed E-state index contributed by atoms with van der Waals surface area (Å²) in [5.41, 5.74) is 2.74. The number of likely N-dealkylation sites (N-methyl/N-ethyl adjacent to an activating group) is 1. The first-order valence-electron chi connectivity index (χ1n) is 9.34. The van der Waals surface area contributed by atoms with E-state index in [0.29, 0.717) is 11.8 Å². The molecule has 0 saturated carbocycles. The van der Waals surface area contributed by atoms with Gasteiger partial charge in [0.15, 0.2) is 0 Å². The molecule has 0 aliphatic carbocycles. The molecule has 0 unspecified atom stereocenters. The van der Waals surface area contributed by atoms with E-state index in [4.69, 9.17) is 0 Å². The van der Waals surface area contributed by atoms with Crippen molar-refractivity contribution in [2.75, 3.05) is 46.3 Å². The minimum atomic E-state index is 0.375. The summed E-state index contributed by atoms with van der Waals surface area (Å²) in [4.78, 5) is 19.4. The molecule has 2 aliphatic heterocycles. The summed E-state index contributed by atoms with van der Waals surface area (Å²) in [7, 11) is 2.13. The van der Waals surface area contributed by atoms with Crippen LogP contribution < -0.4 is 0 Å². The van der Waals surface area contributed by atoms with E-state index in [1.54, 1.807) is 0 Å². The summed E-state index contributed by atoms with van der Waals surface area (Å²) >= 11 is 0. The molecule has 1 aromatic rings. The van der Waals surface area contributed by atoms with Gasteiger partial charge >= 0.3 is 0 Å². The number of aryl methyl sites for hydroxylation is 1. The van der Waals surface area contributed by atoms with Crippen molar-refractivity contribution in [1.29, 1.82) is 0 Å². The Kier molecular flexibility index (Phi) is 5.90. The van der Waals surface area contributed by atoms with E-state index in [0.717, 1.165) is 65.1 Å². The Hall–Kier alpha value is -1.39. The highest BCUT2D eigenvalue weighted by molar-refractivity contribution is 5.76. The molecule has 2 aliphatic rings. The van der Waals surface area contributed by atoms with Crippen molar-refractivity contribution in [3.63, 3.8) is 0 Å². The van der Waals surface area contributed by atoms with Crippen LogP contribution in [0.3, 0.4) is 0 Å². The topological polar surface area (TPSA) is 26.8 Å². The molecule has 4 nitrogen and oxygen atoms in total. The third kappa shape index (κ3) is 4.81. The van der Waals surface area contributed by atoms with Crippen LogP contribution in [0.1, 0.15) is 30.4 Å². The van der Waals surface area contributed by atoms with Crippen LogP contribution in [0.5, 0.6) is 0 Å². The smallest absolute Gasteiger partial charge is 0.222 e. The number of hydrogen-bond donors (Lipinski definition) is 0. The molecule has 2 saturated heterocycles. The van der Waals surface area contributed by atoms with E-state index in [1.165, 1.54) is 11.1 Å². The highest BCUT2D eigenvalue weighted by Gasteiger charge is 2.25. The Morgan fingerprint density at radius 1 is 1.08 bits per heavy atom. The van der Waals surface area contributed by atoms with Gasteiger partial charge in [0.2, 0.25) is 5.91 Å². The van der Waals surface area contributed by atoms with Crippen molar-refractivity contribution >= 4 is 5.91 Å². The van der Waals surface area contributed by atoms with Gasteiger partial charge in [-0.1, -0.05) is 29.8 Å². The maximum absolute atomic E-state index is 12.5. The average Bonchev–Trinajstić information content (AvgIpc) is 2.57. The van der Waals surface area contributed by atoms with E-state index in [-0.39, 0.29) is 0 Å². The summed E-state index contributed by atoms with van der Waals surface area (Å²) in [5.74, 6) is 0.950. The van der Waals surface area contributed by atoms with Crippen LogP contribution in [-0.2, 0) is 11.3 Å². The highest BCUT2D eigenvalue weighted by Crippen LogP contribution is 2.23. The number of piperazine rings is 1. The Balaban J connectivity index is 1.41. The standard InChI is InChI=1S/C20H31N3O/c1-17-4-3-5-19(14-17)16-22-8-6-18(7-9-22)15-20(24)23-12-10-21(2)11-13-23/h3-5,14,18H,6-13,15-16H2,1-2H3. The van der Waals surface area contributed by atoms with Crippen molar-refractivity contribution in [1.82, 2.24) is 14.7 Å². The second-order valence-electron chi connectivity index (χ2n) is 7.60. The zero-order chi connectivity index (χ0) is 16.9. The van der Waals surface area contributed by atoms with Gasteiger partial charge in [0.25, 0.3) is 0 Å². The fourth-order valence-corrected chi connectivity index (χ4v) is 3.85. The maximum atomic E-state index is 12.5. The fraction of sp³-hybridized carbons (Fsp3) is 0.650. The molecule has 3 rings (SSSR count). The van der Waals surface area contributed by atoms with E-state index in [1.807, 2.05) is 0 Å². The summed E-state index contributed by atoms with van der Waals surface area (Å²) in [6.45, 7) is 9.27. The minimum absolute atomic E-state index is 0.375. The monoisotopic (exact) mass is 329 g/mol. The zero-order valence-electron chi connectivity index (χ0n) is 15.2. The van der Waals surface area contributed by atoms with Crippen LogP contribution in [0.25, 0.3) is 0 Å². The first-order valence-corrected chi connectivity index (χ1v) is 9.34. The van der Waals surface area contributed by atoms with Crippen LogP contribution in [0.4, 0.5) is 0 Å². The van der Waals surface area contributed by atoms with Gasteiger partial charge in [-0.3, -0.25) is 9.69 Å². The minimum Gasteiger partial charge on any atom is -0.340 e. The van der Waals surface area contributed by atoms with Crippen LogP contribution >= 0.6 is 0 Å². The molecule has 2 fully saturated rings. The van der Waals surface area contributed by atoms with Crippen LogP contribution in [0.15, 0.2) is 24.3 Å². The lowest BCUT2D eigenvalue weighted by atomic mass is 9.92. The Morgan fingerprint density at radius 2 is 1.79 bits per heavy atom. The molecule has 4 heteroatoms. The Bertz CT molecular complexity index is 544. The molecule has 24 heavy (non-hydrogen) atoms. The van der Waals surface area contributed by atoms with Gasteiger partial charge in [0.05, 0.1) is 0 Å². The maximum Gasteiger partial charge on any atom is 0.222 e. The fourth-order valence-electron chi connectivity index (χ4n) is 3.85. The SMILES string of the molecule is Cc1cccc(CN2CCC(CC(=O)N3CCN(C)CC3)CC2)c1. The second kappa shape index (κ2) is 8.13. The van der Waals surface area contributed by atoms with Crippen molar-refractivity contribution in [3.8, 4) is 0 Å². The van der Waals surface area contributed by atoms with Gasteiger partial charge in [-0.15, -0.1) is 0 Å². The van der Waals surface area contributed by atoms with Gasteiger partial charge in [0, 0.05) is 39.1 Å². The number of likely N-dealkylation sites (tertiary alicyclic amines) is 1. The number of hydrogen-bond acceptors (Lipinski definition) is 3. The van der Waals surface area contributed by atoms with E-state index < -0.39 is 0 Å². The molecule has 0 spiro atoms. The van der Waals surface area contributed by atoms with Gasteiger partial charge in [-0.2, -0.15) is 0 Å². The number of carbonyl (C=O) groups excluding carboxylic acids is 1. The van der Waals surface area contributed by atoms with Gasteiger partial charge in [0.1, 0.15) is 0 Å². The van der Waals surface area contributed by atoms with Crippen LogP contribution in [-0.4, -0.2) is 66.9 Å². The Labute approximate surface area is 146 Å². The summed E-state index contributed by atoms with van der Waals surface area (Å²) in [5, 5.41) is 0. The van der Waals surface area contributed by atoms with Crippen molar-refractivity contribution in [2.45, 2.75) is 32.7 Å². The third-order valence-electron chi connectivity index (χ3n) is 5.52. The molecular weight excluding hydrogens is 298 g/mol. The predicted octanol–water partition coefficient (Wildman–Crippen LogP) is 2.37. The summed E-state index contributed by atoms with van der Waals surface area (Å²) in [6.07, 6.45) is 3.07. The molecule has 0 atom stereocenters. The number of nitrogens with zero attached hydrogens (tertiary/aromatic N) is 3. The number of benzene rings is 1. The van der Waals surface area contributed by atoms with Crippen molar-refractivity contribution in [2.24, 2.45) is 5.92 Å². The van der Waals surface area contributed by atoms with Gasteiger partial charge in [-0.05, 0) is 51.4 Å². The Morgan fingerprint density at radius 3 is 2.46 bits per heavy atom. The first-order chi connectivity index (χ1) is 11.6. The van der Waals surface area contributed by atoms with Crippen LogP contribution in [0, 0.1) is 12.8 Å². The van der Waals surface area contributed by atoms with Gasteiger partial charge < -0.3 is 9.80 Å². The van der Waals surface area contributed by atoms with E-state index in [9.17, 15) is 4.79 Å². The average molecular weight is 329 g/mol. The van der Waals surface area contributed by atoms with E-state index >= 15 is 0 Å². The largest absolute Gasteiger partial charge is 0.340 e. The lowest BCUT2D eigenvalue weighted by Gasteiger charge is -2.35. The number of piperidine rings is 1. The number of carbonyl (C=O) groups is 1. The number of rotatable bonds is 4. The summed E-state index contributed by atoms with van der Waals surface area (Å²) in [6, 6.07) is 8.80. The van der Waals surface area contributed by atoms with Gasteiger partial charge in [-0.25, -0.2) is 0 Å². The molecule has 0 radical (unpaired) electrons. The molecule has 0 bridgehead atoms. The molecule has 0 aromatic heterocycles. The van der Waals surface area contributed by atoms with E-state index in [2.05, 4.69) is 52.9 Å². The number of amides is 1. The molecule has 0 N–H and O–H groups in total. The molecule has 132 valence electrons. The molecule has 1 amide bonds. The molecular formula is C20H31N3O. The predicted molar refractivity (Wildman–Crippen MR) is 97.9 cm³/mol.